The second kappa shape index (κ2) is 22.5. The molecule has 3 aliphatic rings. The summed E-state index contributed by atoms with van der Waals surface area (Å²) in [6.45, 7) is 11.3. The highest BCUT2D eigenvalue weighted by molar-refractivity contribution is 7.89. The van der Waals surface area contributed by atoms with Crippen LogP contribution in [0.15, 0.2) is 146 Å². The van der Waals surface area contributed by atoms with Gasteiger partial charge in [-0.1, -0.05) is 175 Å². The van der Waals surface area contributed by atoms with Crippen molar-refractivity contribution in [3.05, 3.63) is 189 Å². The van der Waals surface area contributed by atoms with Crippen LogP contribution in [-0.2, 0) is 36.0 Å². The molecule has 6 aromatic rings. The third-order valence-electron chi connectivity index (χ3n) is 13.4. The van der Waals surface area contributed by atoms with Crippen molar-refractivity contribution in [3.8, 4) is 22.3 Å². The fourth-order valence-corrected chi connectivity index (χ4v) is 12.5. The number of halogens is 2. The van der Waals surface area contributed by atoms with Gasteiger partial charge in [-0.2, -0.15) is 4.31 Å². The number of rotatable bonds is 12. The maximum atomic E-state index is 13.7. The van der Waals surface area contributed by atoms with Gasteiger partial charge < -0.3 is 5.32 Å². The lowest BCUT2D eigenvalue weighted by molar-refractivity contribution is 0.127. The van der Waals surface area contributed by atoms with E-state index in [0.29, 0.717) is 12.6 Å². The van der Waals surface area contributed by atoms with Crippen LogP contribution in [0, 0.1) is 13.8 Å². The Morgan fingerprint density at radius 3 is 1.60 bits per heavy atom. The van der Waals surface area contributed by atoms with Gasteiger partial charge in [-0.3, -0.25) is 9.80 Å². The van der Waals surface area contributed by atoms with Gasteiger partial charge in [-0.25, -0.2) is 8.42 Å². The SMILES string of the molecule is Cc1ccc(Cl)c(-c2ccc(CN3CCN(S(=O)(=O)C4CCCCC4)[C@@H](Cc4ccccc4)C3)cc2)c1.Cc1ccc(Cl)c(-c2ccc(CN3CCN[C@@H](Cc4ccccc4)C3)cc2)c1. The minimum Gasteiger partial charge on any atom is -0.311 e. The minimum atomic E-state index is -3.30. The zero-order valence-electron chi connectivity index (χ0n) is 38.0. The van der Waals surface area contributed by atoms with E-state index in [9.17, 15) is 8.42 Å². The predicted octanol–water partition coefficient (Wildman–Crippen LogP) is 12.0. The molecule has 0 radical (unpaired) electrons. The molecule has 9 heteroatoms. The van der Waals surface area contributed by atoms with E-state index in [0.717, 1.165) is 117 Å². The summed E-state index contributed by atoms with van der Waals surface area (Å²) in [6.07, 6.45) is 6.64. The average molecular weight is 928 g/mol. The van der Waals surface area contributed by atoms with Crippen LogP contribution in [0.1, 0.15) is 65.5 Å². The van der Waals surface area contributed by atoms with Crippen molar-refractivity contribution in [3.63, 3.8) is 0 Å². The molecule has 3 fully saturated rings. The molecule has 6 aromatic carbocycles. The fourth-order valence-electron chi connectivity index (χ4n) is 9.88. The monoisotopic (exact) mass is 926 g/mol. The van der Waals surface area contributed by atoms with Gasteiger partial charge >= 0.3 is 0 Å². The van der Waals surface area contributed by atoms with Crippen LogP contribution >= 0.6 is 23.2 Å². The largest absolute Gasteiger partial charge is 0.311 e. The van der Waals surface area contributed by atoms with Gasteiger partial charge in [0.25, 0.3) is 0 Å². The lowest BCUT2D eigenvalue weighted by Gasteiger charge is -2.42. The molecular formula is C56H64Cl2N4O2S. The van der Waals surface area contributed by atoms with Crippen molar-refractivity contribution >= 4 is 33.2 Å². The molecule has 340 valence electrons. The minimum absolute atomic E-state index is 0.0477. The molecule has 0 spiro atoms. The van der Waals surface area contributed by atoms with Gasteiger partial charge in [-0.15, -0.1) is 0 Å². The molecular weight excluding hydrogens is 864 g/mol. The van der Waals surface area contributed by atoms with Crippen LogP contribution in [0.25, 0.3) is 22.3 Å². The Bertz CT molecular complexity index is 2550. The highest BCUT2D eigenvalue weighted by atomic mass is 35.5. The lowest BCUT2D eigenvalue weighted by atomic mass is 10.0. The van der Waals surface area contributed by atoms with Crippen molar-refractivity contribution in [1.29, 1.82) is 0 Å². The molecule has 0 bridgehead atoms. The van der Waals surface area contributed by atoms with E-state index in [4.69, 9.17) is 23.2 Å². The van der Waals surface area contributed by atoms with Crippen LogP contribution in [0.2, 0.25) is 10.0 Å². The third-order valence-corrected chi connectivity index (χ3v) is 16.5. The number of hydrogen-bond acceptors (Lipinski definition) is 5. The fraction of sp³-hybridized carbons (Fsp3) is 0.357. The number of nitrogens with zero attached hydrogens (tertiary/aromatic N) is 3. The maximum Gasteiger partial charge on any atom is 0.217 e. The Morgan fingerprint density at radius 2 is 1.06 bits per heavy atom. The van der Waals surface area contributed by atoms with E-state index in [1.165, 1.54) is 38.9 Å². The lowest BCUT2D eigenvalue weighted by Crippen LogP contribution is -2.57. The molecule has 0 amide bonds. The van der Waals surface area contributed by atoms with Crippen LogP contribution in [0.4, 0.5) is 0 Å². The first-order valence-electron chi connectivity index (χ1n) is 23.5. The zero-order valence-corrected chi connectivity index (χ0v) is 40.3. The summed E-state index contributed by atoms with van der Waals surface area (Å²) in [5.74, 6) is 0. The van der Waals surface area contributed by atoms with E-state index in [2.05, 4.69) is 138 Å². The van der Waals surface area contributed by atoms with Gasteiger partial charge in [0.2, 0.25) is 10.0 Å². The van der Waals surface area contributed by atoms with Crippen molar-refractivity contribution < 1.29 is 8.42 Å². The number of piperazine rings is 2. The topological polar surface area (TPSA) is 55.9 Å². The summed E-state index contributed by atoms with van der Waals surface area (Å²) in [5.41, 5.74) is 12.1. The molecule has 2 heterocycles. The number of sulfonamides is 1. The highest BCUT2D eigenvalue weighted by Crippen LogP contribution is 2.32. The molecule has 6 nitrogen and oxygen atoms in total. The number of aryl methyl sites for hydroxylation is 2. The first-order valence-corrected chi connectivity index (χ1v) is 25.8. The van der Waals surface area contributed by atoms with Gasteiger partial charge in [0.05, 0.1) is 5.25 Å². The molecule has 65 heavy (non-hydrogen) atoms. The van der Waals surface area contributed by atoms with Gasteiger partial charge in [0.1, 0.15) is 0 Å². The molecule has 1 aliphatic carbocycles. The maximum absolute atomic E-state index is 13.7. The Hall–Kier alpha value is -4.31. The van der Waals surface area contributed by atoms with E-state index in [1.54, 1.807) is 0 Å². The van der Waals surface area contributed by atoms with Crippen molar-refractivity contribution in [2.24, 2.45) is 0 Å². The van der Waals surface area contributed by atoms with Crippen LogP contribution < -0.4 is 5.32 Å². The molecule has 0 unspecified atom stereocenters. The van der Waals surface area contributed by atoms with Gasteiger partial charge in [-0.05, 0) is 97.2 Å². The standard InChI is InChI=1S/C31H37ClN2O2S.C25H27ClN2/c1-24-12-17-31(32)30(20-24)27-15-13-26(14-16-27)22-33-18-19-34(37(35,36)29-10-6-3-7-11-29)28(23-33)21-25-8-4-2-5-9-25;1-19-7-12-25(26)24(15-19)22-10-8-21(9-11-22)17-28-14-13-27-23(18-28)16-20-5-3-2-4-6-20/h2,4-5,8-9,12-17,20,28-29H,3,6-7,10-11,18-19,21-23H2,1H3;2-12,15,23,27H,13-14,16-18H2,1H3/t28-;23-/m00/s1. The first-order chi connectivity index (χ1) is 31.6. The van der Waals surface area contributed by atoms with E-state index < -0.39 is 10.0 Å². The van der Waals surface area contributed by atoms with E-state index in [-0.39, 0.29) is 11.3 Å². The number of nitrogens with one attached hydrogen (secondary N) is 1. The van der Waals surface area contributed by atoms with Crippen molar-refractivity contribution in [2.45, 2.75) is 89.2 Å². The molecule has 2 aliphatic heterocycles. The number of benzene rings is 6. The Balaban J connectivity index is 0.000000184. The number of hydrogen-bond donors (Lipinski definition) is 1. The Labute approximate surface area is 398 Å². The molecule has 2 saturated heterocycles. The molecule has 1 N–H and O–H groups in total. The Morgan fingerprint density at radius 1 is 0.554 bits per heavy atom. The summed E-state index contributed by atoms with van der Waals surface area (Å²) in [7, 11) is -3.30. The Kier molecular flexibility index (Phi) is 16.3. The van der Waals surface area contributed by atoms with Crippen LogP contribution in [0.5, 0.6) is 0 Å². The second-order valence-corrected chi connectivity index (χ2v) is 21.4. The van der Waals surface area contributed by atoms with Gasteiger partial charge in [0.15, 0.2) is 0 Å². The highest BCUT2D eigenvalue weighted by Gasteiger charge is 2.40. The second-order valence-electron chi connectivity index (χ2n) is 18.4. The summed E-state index contributed by atoms with van der Waals surface area (Å²) in [6, 6.07) is 51.3. The molecule has 0 aromatic heterocycles. The van der Waals surface area contributed by atoms with Crippen molar-refractivity contribution in [1.82, 2.24) is 19.4 Å². The smallest absolute Gasteiger partial charge is 0.217 e. The van der Waals surface area contributed by atoms with E-state index in [1.807, 2.05) is 40.7 Å². The molecule has 9 rings (SSSR count). The predicted molar refractivity (Wildman–Crippen MR) is 272 cm³/mol. The average Bonchev–Trinajstić information content (AvgIpc) is 3.32. The quantitative estimate of drug-likeness (QED) is 0.133. The summed E-state index contributed by atoms with van der Waals surface area (Å²) in [4.78, 5) is 4.97. The summed E-state index contributed by atoms with van der Waals surface area (Å²) in [5, 5.41) is 5.02. The summed E-state index contributed by atoms with van der Waals surface area (Å²) >= 11 is 12.8. The van der Waals surface area contributed by atoms with Crippen LogP contribution in [-0.4, -0.2) is 79.1 Å². The normalized spacial score (nSPS) is 19.1. The zero-order chi connectivity index (χ0) is 45.2. The van der Waals surface area contributed by atoms with E-state index >= 15 is 0 Å². The van der Waals surface area contributed by atoms with Crippen LogP contribution in [0.3, 0.4) is 0 Å². The third kappa shape index (κ3) is 12.8. The molecule has 2 atom stereocenters. The summed E-state index contributed by atoms with van der Waals surface area (Å²) < 4.78 is 29.3. The van der Waals surface area contributed by atoms with Gasteiger partial charge in [0, 0.05) is 85.6 Å². The molecule has 1 saturated carbocycles. The first kappa shape index (κ1) is 47.2. The van der Waals surface area contributed by atoms with Crippen molar-refractivity contribution in [2.75, 3.05) is 39.3 Å².